The van der Waals surface area contributed by atoms with E-state index in [1.54, 1.807) is 12.1 Å². The van der Waals surface area contributed by atoms with E-state index in [2.05, 4.69) is 10.2 Å². The molecule has 0 atom stereocenters. The lowest BCUT2D eigenvalue weighted by atomic mass is 10.1. The molecule has 2 N–H and O–H groups in total. The van der Waals surface area contributed by atoms with Gasteiger partial charge in [-0.2, -0.15) is 5.10 Å². The molecule has 3 aromatic rings. The van der Waals surface area contributed by atoms with Crippen molar-refractivity contribution >= 4 is 5.97 Å². The first kappa shape index (κ1) is 13.1. The van der Waals surface area contributed by atoms with Crippen LogP contribution in [-0.4, -0.2) is 21.3 Å². The molecule has 21 heavy (non-hydrogen) atoms. The van der Waals surface area contributed by atoms with Gasteiger partial charge in [0.05, 0.1) is 11.3 Å². The first-order chi connectivity index (χ1) is 10.2. The van der Waals surface area contributed by atoms with Crippen molar-refractivity contribution < 1.29 is 9.90 Å². The number of H-pyrrole nitrogens is 1. The summed E-state index contributed by atoms with van der Waals surface area (Å²) in [5.74, 6) is -0.908. The molecule has 0 unspecified atom stereocenters. The van der Waals surface area contributed by atoms with E-state index in [0.717, 1.165) is 22.5 Å². The fourth-order valence-corrected chi connectivity index (χ4v) is 2.19. The van der Waals surface area contributed by atoms with Gasteiger partial charge in [-0.25, -0.2) is 4.79 Å². The number of hydrogen-bond acceptors (Lipinski definition) is 2. The third kappa shape index (κ3) is 3.00. The van der Waals surface area contributed by atoms with Crippen LogP contribution in [0.3, 0.4) is 0 Å². The maximum Gasteiger partial charge on any atom is 0.335 e. The third-order valence-electron chi connectivity index (χ3n) is 3.30. The van der Waals surface area contributed by atoms with Crippen molar-refractivity contribution in [3.8, 4) is 11.3 Å². The van der Waals surface area contributed by atoms with Gasteiger partial charge < -0.3 is 5.11 Å². The number of carboxylic acid groups (broad SMARTS) is 1. The largest absolute Gasteiger partial charge is 0.478 e. The standard InChI is InChI=1S/C17H14N2O2/c20-17(21)14-8-6-12(7-9-14)10-15-11-16(19-18-15)13-4-2-1-3-5-13/h1-9,11H,10H2,(H,18,19)(H,20,21). The smallest absolute Gasteiger partial charge is 0.335 e. The number of hydrogen-bond donors (Lipinski definition) is 2. The lowest BCUT2D eigenvalue weighted by Crippen LogP contribution is -1.96. The van der Waals surface area contributed by atoms with Crippen LogP contribution in [0.5, 0.6) is 0 Å². The Labute approximate surface area is 122 Å². The van der Waals surface area contributed by atoms with Gasteiger partial charge in [0.15, 0.2) is 0 Å². The topological polar surface area (TPSA) is 66.0 Å². The Hall–Kier alpha value is -2.88. The summed E-state index contributed by atoms with van der Waals surface area (Å²) in [7, 11) is 0. The number of rotatable bonds is 4. The number of aromatic nitrogens is 2. The van der Waals surface area contributed by atoms with Crippen LogP contribution in [0, 0.1) is 0 Å². The second-order valence-corrected chi connectivity index (χ2v) is 4.82. The van der Waals surface area contributed by atoms with E-state index in [-0.39, 0.29) is 0 Å². The van der Waals surface area contributed by atoms with Gasteiger partial charge in [0.2, 0.25) is 0 Å². The molecule has 0 saturated carbocycles. The van der Waals surface area contributed by atoms with E-state index < -0.39 is 5.97 Å². The Morgan fingerprint density at radius 3 is 2.43 bits per heavy atom. The molecular weight excluding hydrogens is 264 g/mol. The molecule has 1 heterocycles. The molecule has 2 aromatic carbocycles. The lowest BCUT2D eigenvalue weighted by molar-refractivity contribution is 0.0697. The van der Waals surface area contributed by atoms with Crippen molar-refractivity contribution in [3.05, 3.63) is 77.5 Å². The molecule has 3 rings (SSSR count). The van der Waals surface area contributed by atoms with Gasteiger partial charge in [0.1, 0.15) is 0 Å². The van der Waals surface area contributed by atoms with Crippen molar-refractivity contribution in [2.24, 2.45) is 0 Å². The maximum absolute atomic E-state index is 10.8. The van der Waals surface area contributed by atoms with Gasteiger partial charge in [-0.1, -0.05) is 42.5 Å². The molecule has 4 nitrogen and oxygen atoms in total. The number of carbonyl (C=O) groups is 1. The second kappa shape index (κ2) is 5.63. The Morgan fingerprint density at radius 2 is 1.76 bits per heavy atom. The molecule has 0 aliphatic heterocycles. The highest BCUT2D eigenvalue weighted by Gasteiger charge is 2.06. The number of benzene rings is 2. The summed E-state index contributed by atoms with van der Waals surface area (Å²) in [5, 5.41) is 16.2. The molecule has 0 amide bonds. The molecular formula is C17H14N2O2. The summed E-state index contributed by atoms with van der Waals surface area (Å²) in [6.07, 6.45) is 0.694. The van der Waals surface area contributed by atoms with Crippen LogP contribution in [0.25, 0.3) is 11.3 Å². The first-order valence-corrected chi connectivity index (χ1v) is 6.64. The number of aromatic amines is 1. The summed E-state index contributed by atoms with van der Waals surface area (Å²) in [6, 6.07) is 18.9. The number of nitrogens with one attached hydrogen (secondary N) is 1. The van der Waals surface area contributed by atoms with Crippen LogP contribution in [0.2, 0.25) is 0 Å². The average Bonchev–Trinajstić information content (AvgIpc) is 2.97. The van der Waals surface area contributed by atoms with Gasteiger partial charge in [-0.15, -0.1) is 0 Å². The molecule has 4 heteroatoms. The number of carboxylic acids is 1. The lowest BCUT2D eigenvalue weighted by Gasteiger charge is -1.99. The van der Waals surface area contributed by atoms with Crippen LogP contribution in [0.1, 0.15) is 21.6 Å². The minimum absolute atomic E-state index is 0.299. The molecule has 0 aliphatic carbocycles. The molecule has 0 saturated heterocycles. The number of nitrogens with zero attached hydrogens (tertiary/aromatic N) is 1. The summed E-state index contributed by atoms with van der Waals surface area (Å²) in [6.45, 7) is 0. The van der Waals surface area contributed by atoms with Crippen molar-refractivity contribution in [1.29, 1.82) is 0 Å². The zero-order valence-corrected chi connectivity index (χ0v) is 11.3. The molecule has 1 aromatic heterocycles. The predicted molar refractivity (Wildman–Crippen MR) is 80.2 cm³/mol. The summed E-state index contributed by atoms with van der Waals surface area (Å²) in [5.41, 5.74) is 4.32. The SMILES string of the molecule is O=C(O)c1ccc(Cc2cc(-c3ccccc3)n[nH]2)cc1. The zero-order chi connectivity index (χ0) is 14.7. The Morgan fingerprint density at radius 1 is 1.05 bits per heavy atom. The Balaban J connectivity index is 1.77. The van der Waals surface area contributed by atoms with Crippen LogP contribution in [-0.2, 0) is 6.42 Å². The van der Waals surface area contributed by atoms with Crippen molar-refractivity contribution in [2.45, 2.75) is 6.42 Å². The highest BCUT2D eigenvalue weighted by molar-refractivity contribution is 5.87. The van der Waals surface area contributed by atoms with Crippen LogP contribution < -0.4 is 0 Å². The van der Waals surface area contributed by atoms with Gasteiger partial charge >= 0.3 is 5.97 Å². The predicted octanol–water partition coefficient (Wildman–Crippen LogP) is 3.37. The minimum atomic E-state index is -0.908. The highest BCUT2D eigenvalue weighted by Crippen LogP contribution is 2.18. The van der Waals surface area contributed by atoms with Crippen LogP contribution in [0.4, 0.5) is 0 Å². The summed E-state index contributed by atoms with van der Waals surface area (Å²) >= 11 is 0. The quantitative estimate of drug-likeness (QED) is 0.769. The van der Waals surface area contributed by atoms with E-state index in [1.807, 2.05) is 48.5 Å². The van der Waals surface area contributed by atoms with Crippen LogP contribution >= 0.6 is 0 Å². The van der Waals surface area contributed by atoms with Crippen molar-refractivity contribution in [3.63, 3.8) is 0 Å². The molecule has 0 fully saturated rings. The monoisotopic (exact) mass is 278 g/mol. The zero-order valence-electron chi connectivity index (χ0n) is 11.3. The fourth-order valence-electron chi connectivity index (χ4n) is 2.19. The van der Waals surface area contributed by atoms with Crippen molar-refractivity contribution in [2.75, 3.05) is 0 Å². The molecule has 0 aliphatic rings. The minimum Gasteiger partial charge on any atom is -0.478 e. The van der Waals surface area contributed by atoms with E-state index in [9.17, 15) is 4.79 Å². The summed E-state index contributed by atoms with van der Waals surface area (Å²) < 4.78 is 0. The van der Waals surface area contributed by atoms with E-state index >= 15 is 0 Å². The summed E-state index contributed by atoms with van der Waals surface area (Å²) in [4.78, 5) is 10.8. The molecule has 104 valence electrons. The van der Waals surface area contributed by atoms with E-state index in [0.29, 0.717) is 12.0 Å². The van der Waals surface area contributed by atoms with Gasteiger partial charge in [-0.05, 0) is 23.8 Å². The maximum atomic E-state index is 10.8. The Kier molecular flexibility index (Phi) is 3.51. The van der Waals surface area contributed by atoms with Gasteiger partial charge in [-0.3, -0.25) is 5.10 Å². The normalized spacial score (nSPS) is 10.5. The van der Waals surface area contributed by atoms with Gasteiger partial charge in [0, 0.05) is 17.7 Å². The third-order valence-corrected chi connectivity index (χ3v) is 3.30. The number of aromatic carboxylic acids is 1. The highest BCUT2D eigenvalue weighted by atomic mass is 16.4. The van der Waals surface area contributed by atoms with Crippen molar-refractivity contribution in [1.82, 2.24) is 10.2 Å². The second-order valence-electron chi connectivity index (χ2n) is 4.82. The molecule has 0 radical (unpaired) electrons. The molecule has 0 bridgehead atoms. The van der Waals surface area contributed by atoms with Crippen LogP contribution in [0.15, 0.2) is 60.7 Å². The fraction of sp³-hybridized carbons (Fsp3) is 0.0588. The van der Waals surface area contributed by atoms with E-state index in [4.69, 9.17) is 5.11 Å². The average molecular weight is 278 g/mol. The Bertz CT molecular complexity index is 746. The first-order valence-electron chi connectivity index (χ1n) is 6.64. The van der Waals surface area contributed by atoms with Gasteiger partial charge in [0.25, 0.3) is 0 Å². The molecule has 0 spiro atoms. The van der Waals surface area contributed by atoms with E-state index in [1.165, 1.54) is 0 Å².